The Morgan fingerprint density at radius 3 is 2.65 bits per heavy atom. The van der Waals surface area contributed by atoms with E-state index in [9.17, 15) is 9.59 Å². The molecule has 0 saturated heterocycles. The molecule has 1 aromatic carbocycles. The third-order valence-corrected chi connectivity index (χ3v) is 6.37. The molecule has 0 fully saturated rings. The number of esters is 1. The van der Waals surface area contributed by atoms with Gasteiger partial charge in [0.2, 0.25) is 0 Å². The van der Waals surface area contributed by atoms with E-state index in [4.69, 9.17) is 4.74 Å². The number of ether oxygens (including phenoxy) is 1. The first-order valence-corrected chi connectivity index (χ1v) is 9.99. The average molecular weight is 389 g/mol. The summed E-state index contributed by atoms with van der Waals surface area (Å²) in [4.78, 5) is 32.4. The van der Waals surface area contributed by atoms with Crippen molar-refractivity contribution in [2.75, 3.05) is 20.2 Å². The molecule has 3 rings (SSSR count). The fourth-order valence-electron chi connectivity index (χ4n) is 2.66. The van der Waals surface area contributed by atoms with E-state index >= 15 is 0 Å². The van der Waals surface area contributed by atoms with Gasteiger partial charge < -0.3 is 9.64 Å². The number of benzene rings is 1. The molecule has 1 atom stereocenters. The van der Waals surface area contributed by atoms with Crippen LogP contribution in [0.5, 0.6) is 0 Å². The minimum Gasteiger partial charge on any atom is -0.469 e. The highest BCUT2D eigenvalue weighted by Gasteiger charge is 2.23. The first kappa shape index (κ1) is 18.5. The Hall–Kier alpha value is -2.25. The van der Waals surface area contributed by atoms with Crippen LogP contribution >= 0.6 is 22.7 Å². The van der Waals surface area contributed by atoms with Crippen molar-refractivity contribution in [1.82, 2.24) is 9.88 Å². The van der Waals surface area contributed by atoms with Crippen LogP contribution in [0, 0.1) is 5.92 Å². The molecule has 136 valence electrons. The van der Waals surface area contributed by atoms with Crippen molar-refractivity contribution < 1.29 is 14.3 Å². The second-order valence-electron chi connectivity index (χ2n) is 5.92. The number of thiazole rings is 1. The van der Waals surface area contributed by atoms with Crippen molar-refractivity contribution >= 4 is 44.8 Å². The fourth-order valence-corrected chi connectivity index (χ4v) is 4.66. The molecule has 0 aliphatic heterocycles. The molecule has 0 aliphatic carbocycles. The van der Waals surface area contributed by atoms with Crippen molar-refractivity contribution in [1.29, 1.82) is 0 Å². The van der Waals surface area contributed by atoms with Crippen LogP contribution in [0.4, 0.5) is 0 Å². The minimum atomic E-state index is -0.354. The van der Waals surface area contributed by atoms with Gasteiger partial charge in [-0.1, -0.05) is 19.1 Å². The summed E-state index contributed by atoms with van der Waals surface area (Å²) in [6.45, 7) is 4.55. The summed E-state index contributed by atoms with van der Waals surface area (Å²) < 4.78 is 5.88. The summed E-state index contributed by atoms with van der Waals surface area (Å²) in [7, 11) is 1.36. The molecule has 7 heteroatoms. The lowest BCUT2D eigenvalue weighted by atomic mass is 10.1. The summed E-state index contributed by atoms with van der Waals surface area (Å²) in [6.07, 6.45) is 0. The van der Waals surface area contributed by atoms with Gasteiger partial charge in [-0.3, -0.25) is 9.59 Å². The zero-order valence-electron chi connectivity index (χ0n) is 14.9. The van der Waals surface area contributed by atoms with Crippen LogP contribution in [0.3, 0.4) is 0 Å². The fraction of sp³-hybridized carbons (Fsp3) is 0.316. The molecule has 0 saturated carbocycles. The monoisotopic (exact) mass is 388 g/mol. The average Bonchev–Trinajstić information content (AvgIpc) is 3.31. The van der Waals surface area contributed by atoms with E-state index in [0.717, 1.165) is 20.1 Å². The molecule has 0 bridgehead atoms. The number of fused-ring (bicyclic) bond motifs is 1. The maximum absolute atomic E-state index is 12.8. The highest BCUT2D eigenvalue weighted by Crippen LogP contribution is 2.34. The first-order chi connectivity index (χ1) is 12.5. The van der Waals surface area contributed by atoms with Crippen LogP contribution in [-0.4, -0.2) is 42.0 Å². The molecule has 0 radical (unpaired) electrons. The maximum Gasteiger partial charge on any atom is 0.310 e. The van der Waals surface area contributed by atoms with Crippen LogP contribution in [0.2, 0.25) is 0 Å². The molecule has 26 heavy (non-hydrogen) atoms. The molecule has 2 aromatic heterocycles. The normalized spacial score (nSPS) is 12.1. The number of para-hydroxylation sites is 1. The van der Waals surface area contributed by atoms with E-state index in [1.165, 1.54) is 18.4 Å². The smallest absolute Gasteiger partial charge is 0.310 e. The lowest BCUT2D eigenvalue weighted by Gasteiger charge is -2.22. The van der Waals surface area contributed by atoms with Crippen molar-refractivity contribution in [3.8, 4) is 9.88 Å². The van der Waals surface area contributed by atoms with Gasteiger partial charge in [-0.25, -0.2) is 4.98 Å². The highest BCUT2D eigenvalue weighted by molar-refractivity contribution is 7.26. The third kappa shape index (κ3) is 3.78. The summed E-state index contributed by atoms with van der Waals surface area (Å²) in [6, 6.07) is 11.8. The molecule has 0 aliphatic rings. The number of nitrogens with zero attached hydrogens (tertiary/aromatic N) is 2. The number of carbonyl (C=O) groups is 2. The van der Waals surface area contributed by atoms with E-state index in [1.54, 1.807) is 23.2 Å². The zero-order chi connectivity index (χ0) is 18.7. The Morgan fingerprint density at radius 2 is 1.96 bits per heavy atom. The van der Waals surface area contributed by atoms with Crippen molar-refractivity contribution in [3.05, 3.63) is 41.3 Å². The predicted molar refractivity (Wildman–Crippen MR) is 106 cm³/mol. The quantitative estimate of drug-likeness (QED) is 0.591. The Balaban J connectivity index is 1.79. The van der Waals surface area contributed by atoms with E-state index in [-0.39, 0.29) is 17.8 Å². The summed E-state index contributed by atoms with van der Waals surface area (Å²) >= 11 is 3.06. The first-order valence-electron chi connectivity index (χ1n) is 8.36. The van der Waals surface area contributed by atoms with Gasteiger partial charge in [-0.05, 0) is 31.2 Å². The van der Waals surface area contributed by atoms with Crippen LogP contribution < -0.4 is 0 Å². The summed E-state index contributed by atoms with van der Waals surface area (Å²) in [5.74, 6) is -0.731. The Morgan fingerprint density at radius 1 is 1.19 bits per heavy atom. The molecule has 1 amide bonds. The van der Waals surface area contributed by atoms with Gasteiger partial charge in [0, 0.05) is 13.1 Å². The molecule has 0 N–H and O–H groups in total. The third-order valence-electron chi connectivity index (χ3n) is 4.09. The van der Waals surface area contributed by atoms with E-state index in [2.05, 4.69) is 4.98 Å². The molecule has 5 nitrogen and oxygen atoms in total. The van der Waals surface area contributed by atoms with Crippen LogP contribution in [0.15, 0.2) is 36.4 Å². The zero-order valence-corrected chi connectivity index (χ0v) is 16.5. The van der Waals surface area contributed by atoms with Gasteiger partial charge in [-0.15, -0.1) is 22.7 Å². The molecule has 3 aromatic rings. The number of rotatable bonds is 6. The highest BCUT2D eigenvalue weighted by atomic mass is 32.1. The van der Waals surface area contributed by atoms with Gasteiger partial charge in [-0.2, -0.15) is 0 Å². The molecule has 0 spiro atoms. The second-order valence-corrected chi connectivity index (χ2v) is 8.03. The molecular weight excluding hydrogens is 368 g/mol. The number of amides is 1. The largest absolute Gasteiger partial charge is 0.469 e. The number of aromatic nitrogens is 1. The van der Waals surface area contributed by atoms with Crippen LogP contribution in [-0.2, 0) is 9.53 Å². The Kier molecular flexibility index (Phi) is 5.68. The molecule has 2 heterocycles. The number of thiophene rings is 1. The standard InChI is InChI=1S/C19H20N2O3S2/c1-4-21(11-12(2)19(23)24-3)18(22)16-10-9-15(25-16)17-20-13-7-5-6-8-14(13)26-17/h5-10,12H,4,11H2,1-3H3. The summed E-state index contributed by atoms with van der Waals surface area (Å²) in [5.41, 5.74) is 0.968. The number of methoxy groups -OCH3 is 1. The van der Waals surface area contributed by atoms with Crippen molar-refractivity contribution in [3.63, 3.8) is 0 Å². The number of carbonyl (C=O) groups excluding carboxylic acids is 2. The van der Waals surface area contributed by atoms with E-state index in [0.29, 0.717) is 18.0 Å². The van der Waals surface area contributed by atoms with E-state index < -0.39 is 0 Å². The Labute approximate surface area is 160 Å². The second kappa shape index (κ2) is 7.97. The van der Waals surface area contributed by atoms with E-state index in [1.807, 2.05) is 43.3 Å². The van der Waals surface area contributed by atoms with Gasteiger partial charge in [0.25, 0.3) is 5.91 Å². The summed E-state index contributed by atoms with van der Waals surface area (Å²) in [5, 5.41) is 0.918. The van der Waals surface area contributed by atoms with Gasteiger partial charge in [0.1, 0.15) is 5.01 Å². The van der Waals surface area contributed by atoms with Gasteiger partial charge >= 0.3 is 5.97 Å². The predicted octanol–water partition coefficient (Wildman–Crippen LogP) is 4.30. The topological polar surface area (TPSA) is 59.5 Å². The number of hydrogen-bond acceptors (Lipinski definition) is 6. The van der Waals surface area contributed by atoms with Crippen molar-refractivity contribution in [2.24, 2.45) is 5.92 Å². The maximum atomic E-state index is 12.8. The Bertz CT molecular complexity index is 899. The van der Waals surface area contributed by atoms with Gasteiger partial charge in [0.05, 0.1) is 33.0 Å². The lowest BCUT2D eigenvalue weighted by molar-refractivity contribution is -0.145. The van der Waals surface area contributed by atoms with Crippen molar-refractivity contribution in [2.45, 2.75) is 13.8 Å². The lowest BCUT2D eigenvalue weighted by Crippen LogP contribution is -2.36. The minimum absolute atomic E-state index is 0.0689. The molecule has 1 unspecified atom stereocenters. The SMILES string of the molecule is CCN(CC(C)C(=O)OC)C(=O)c1ccc(-c2nc3ccccc3s2)s1. The van der Waals surface area contributed by atoms with Gasteiger partial charge in [0.15, 0.2) is 0 Å². The molecular formula is C19H20N2O3S2. The number of hydrogen-bond donors (Lipinski definition) is 0. The van der Waals surface area contributed by atoms with Crippen LogP contribution in [0.25, 0.3) is 20.1 Å². The van der Waals surface area contributed by atoms with Crippen LogP contribution in [0.1, 0.15) is 23.5 Å².